The fourth-order valence-corrected chi connectivity index (χ4v) is 3.83. The van der Waals surface area contributed by atoms with E-state index >= 15 is 0 Å². The zero-order chi connectivity index (χ0) is 11.5. The minimum Gasteiger partial charge on any atom is -0.305 e. The van der Waals surface area contributed by atoms with Crippen molar-refractivity contribution in [2.24, 2.45) is 0 Å². The summed E-state index contributed by atoms with van der Waals surface area (Å²) in [5, 5.41) is 2.15. The molecule has 0 aromatic carbocycles. The average Bonchev–Trinajstić information content (AvgIpc) is 2.64. The second-order valence-corrected chi connectivity index (χ2v) is 6.52. The van der Waals surface area contributed by atoms with Crippen molar-refractivity contribution in [3.63, 3.8) is 0 Å². The van der Waals surface area contributed by atoms with Crippen LogP contribution in [0.2, 0.25) is 0 Å². The van der Waals surface area contributed by atoms with Crippen LogP contribution >= 0.6 is 27.3 Å². The molecule has 1 atom stereocenters. The van der Waals surface area contributed by atoms with E-state index in [1.165, 1.54) is 35.3 Å². The number of thiophene rings is 1. The molecule has 0 spiro atoms. The van der Waals surface area contributed by atoms with Crippen LogP contribution in [0.5, 0.6) is 0 Å². The molecule has 0 radical (unpaired) electrons. The normalized spacial score (nSPS) is 22.9. The van der Waals surface area contributed by atoms with E-state index in [2.05, 4.69) is 51.3 Å². The topological polar surface area (TPSA) is 6.48 Å². The molecule has 90 valence electrons. The maximum absolute atomic E-state index is 3.60. The third-order valence-electron chi connectivity index (χ3n) is 3.31. The van der Waals surface area contributed by atoms with Gasteiger partial charge in [0.1, 0.15) is 0 Å². The average molecular weight is 303 g/mol. The zero-order valence-electron chi connectivity index (χ0n) is 9.95. The van der Waals surface area contributed by atoms with Crippen molar-refractivity contribution in [1.29, 1.82) is 0 Å². The van der Waals surface area contributed by atoms with E-state index in [9.17, 15) is 0 Å². The van der Waals surface area contributed by atoms with Gasteiger partial charge in [-0.05, 0) is 60.9 Å². The van der Waals surface area contributed by atoms with Crippen molar-refractivity contribution >= 4 is 27.3 Å². The molecule has 0 amide bonds. The number of nitrogens with zero attached hydrogens (tertiary/aromatic N) is 2. The van der Waals surface area contributed by atoms with Gasteiger partial charge in [0.05, 0.1) is 0 Å². The molecular weight excluding hydrogens is 284 g/mol. The first-order valence-electron chi connectivity index (χ1n) is 5.77. The van der Waals surface area contributed by atoms with Crippen molar-refractivity contribution in [2.45, 2.75) is 25.4 Å². The van der Waals surface area contributed by atoms with Crippen LogP contribution < -0.4 is 0 Å². The van der Waals surface area contributed by atoms with Gasteiger partial charge in [-0.1, -0.05) is 0 Å². The van der Waals surface area contributed by atoms with Gasteiger partial charge < -0.3 is 4.90 Å². The first-order chi connectivity index (χ1) is 7.66. The Morgan fingerprint density at radius 2 is 2.44 bits per heavy atom. The summed E-state index contributed by atoms with van der Waals surface area (Å²) in [6, 6.07) is 2.86. The molecular formula is C12H19BrN2S. The predicted molar refractivity (Wildman–Crippen MR) is 74.0 cm³/mol. The van der Waals surface area contributed by atoms with Crippen molar-refractivity contribution in [1.82, 2.24) is 9.80 Å². The molecule has 1 aliphatic rings. The summed E-state index contributed by atoms with van der Waals surface area (Å²) >= 11 is 5.44. The zero-order valence-corrected chi connectivity index (χ0v) is 12.4. The van der Waals surface area contributed by atoms with E-state index in [1.807, 2.05) is 11.3 Å². The Hall–Kier alpha value is 0.100. The minimum atomic E-state index is 0.716. The molecule has 0 saturated carbocycles. The van der Waals surface area contributed by atoms with Gasteiger partial charge in [0.15, 0.2) is 0 Å². The summed E-state index contributed by atoms with van der Waals surface area (Å²) < 4.78 is 1.26. The first-order valence-corrected chi connectivity index (χ1v) is 7.44. The molecule has 1 aliphatic heterocycles. The number of halogens is 1. The molecule has 16 heavy (non-hydrogen) atoms. The number of likely N-dealkylation sites (N-methyl/N-ethyl adjacent to an activating group) is 2. The third kappa shape index (κ3) is 3.06. The standard InChI is InChI=1S/C12H19BrN2S/c1-14-6-3-4-10(8-14)15(2)9-12-11(13)5-7-16-12/h5,7,10H,3-4,6,8-9H2,1-2H3. The highest BCUT2D eigenvalue weighted by molar-refractivity contribution is 9.10. The van der Waals surface area contributed by atoms with Gasteiger partial charge in [0, 0.05) is 28.5 Å². The predicted octanol–water partition coefficient (Wildman–Crippen LogP) is 3.04. The van der Waals surface area contributed by atoms with Gasteiger partial charge in [-0.15, -0.1) is 11.3 Å². The van der Waals surface area contributed by atoms with E-state index in [0.717, 1.165) is 6.54 Å². The molecule has 2 heterocycles. The van der Waals surface area contributed by atoms with Crippen LogP contribution in [0, 0.1) is 0 Å². The van der Waals surface area contributed by atoms with Crippen LogP contribution in [-0.2, 0) is 6.54 Å². The molecule has 0 N–H and O–H groups in total. The Kier molecular flexibility index (Phi) is 4.41. The number of piperidine rings is 1. The second-order valence-electron chi connectivity index (χ2n) is 4.67. The van der Waals surface area contributed by atoms with Crippen molar-refractivity contribution in [2.75, 3.05) is 27.2 Å². The fraction of sp³-hybridized carbons (Fsp3) is 0.667. The van der Waals surface area contributed by atoms with E-state index in [-0.39, 0.29) is 0 Å². The Balaban J connectivity index is 1.92. The summed E-state index contributed by atoms with van der Waals surface area (Å²) in [6.07, 6.45) is 2.67. The minimum absolute atomic E-state index is 0.716. The molecule has 4 heteroatoms. The van der Waals surface area contributed by atoms with Crippen LogP contribution in [0.1, 0.15) is 17.7 Å². The summed E-state index contributed by atoms with van der Waals surface area (Å²) in [5.74, 6) is 0. The van der Waals surface area contributed by atoms with E-state index in [1.54, 1.807) is 0 Å². The Bertz CT molecular complexity index is 340. The van der Waals surface area contributed by atoms with Crippen molar-refractivity contribution < 1.29 is 0 Å². The molecule has 0 bridgehead atoms. The molecule has 2 rings (SSSR count). The van der Waals surface area contributed by atoms with Crippen LogP contribution in [-0.4, -0.2) is 43.0 Å². The molecule has 1 saturated heterocycles. The van der Waals surface area contributed by atoms with E-state index in [0.29, 0.717) is 6.04 Å². The Labute approximate surface area is 110 Å². The lowest BCUT2D eigenvalue weighted by atomic mass is 10.1. The number of hydrogen-bond donors (Lipinski definition) is 0. The van der Waals surface area contributed by atoms with Gasteiger partial charge in [-0.2, -0.15) is 0 Å². The largest absolute Gasteiger partial charge is 0.305 e. The summed E-state index contributed by atoms with van der Waals surface area (Å²) in [6.45, 7) is 3.53. The van der Waals surface area contributed by atoms with Crippen LogP contribution in [0.25, 0.3) is 0 Å². The molecule has 1 fully saturated rings. The quantitative estimate of drug-likeness (QED) is 0.847. The lowest BCUT2D eigenvalue weighted by Crippen LogP contribution is -2.44. The highest BCUT2D eigenvalue weighted by atomic mass is 79.9. The molecule has 2 nitrogen and oxygen atoms in total. The maximum Gasteiger partial charge on any atom is 0.0339 e. The highest BCUT2D eigenvalue weighted by Crippen LogP contribution is 2.25. The second kappa shape index (κ2) is 5.63. The molecule has 1 unspecified atom stereocenters. The third-order valence-corrected chi connectivity index (χ3v) is 5.22. The number of likely N-dealkylation sites (tertiary alicyclic amines) is 1. The summed E-state index contributed by atoms with van der Waals surface area (Å²) in [7, 11) is 4.47. The van der Waals surface area contributed by atoms with Gasteiger partial charge in [0.25, 0.3) is 0 Å². The van der Waals surface area contributed by atoms with Gasteiger partial charge >= 0.3 is 0 Å². The molecule has 1 aromatic heterocycles. The smallest absolute Gasteiger partial charge is 0.0339 e. The highest BCUT2D eigenvalue weighted by Gasteiger charge is 2.21. The molecule has 1 aromatic rings. The lowest BCUT2D eigenvalue weighted by Gasteiger charge is -2.35. The van der Waals surface area contributed by atoms with Crippen molar-refractivity contribution in [3.8, 4) is 0 Å². The van der Waals surface area contributed by atoms with Gasteiger partial charge in [-0.3, -0.25) is 4.90 Å². The van der Waals surface area contributed by atoms with Crippen LogP contribution in [0.4, 0.5) is 0 Å². The monoisotopic (exact) mass is 302 g/mol. The van der Waals surface area contributed by atoms with Crippen LogP contribution in [0.3, 0.4) is 0 Å². The SMILES string of the molecule is CN1CCCC(N(C)Cc2sccc2Br)C1. The Morgan fingerprint density at radius 1 is 1.62 bits per heavy atom. The lowest BCUT2D eigenvalue weighted by molar-refractivity contribution is 0.130. The Morgan fingerprint density at radius 3 is 3.06 bits per heavy atom. The summed E-state index contributed by atoms with van der Waals surface area (Å²) in [5.41, 5.74) is 0. The molecule has 0 aliphatic carbocycles. The fourth-order valence-electron chi connectivity index (χ4n) is 2.29. The number of rotatable bonds is 3. The van der Waals surface area contributed by atoms with Gasteiger partial charge in [-0.25, -0.2) is 0 Å². The van der Waals surface area contributed by atoms with Crippen LogP contribution in [0.15, 0.2) is 15.9 Å². The van der Waals surface area contributed by atoms with E-state index < -0.39 is 0 Å². The maximum atomic E-state index is 3.60. The summed E-state index contributed by atoms with van der Waals surface area (Å²) in [4.78, 5) is 6.37. The van der Waals surface area contributed by atoms with E-state index in [4.69, 9.17) is 0 Å². The number of hydrogen-bond acceptors (Lipinski definition) is 3. The van der Waals surface area contributed by atoms with Crippen molar-refractivity contribution in [3.05, 3.63) is 20.8 Å². The first kappa shape index (κ1) is 12.6. The van der Waals surface area contributed by atoms with Gasteiger partial charge in [0.2, 0.25) is 0 Å².